The lowest BCUT2D eigenvalue weighted by atomic mass is 9.89. The lowest BCUT2D eigenvalue weighted by molar-refractivity contribution is 0.0285. The summed E-state index contributed by atoms with van der Waals surface area (Å²) in [5.74, 6) is 0.971. The highest BCUT2D eigenvalue weighted by Gasteiger charge is 2.41. The van der Waals surface area contributed by atoms with Crippen LogP contribution in [0.3, 0.4) is 0 Å². The largest absolute Gasteiger partial charge is 0.444 e. The maximum atomic E-state index is 12.1. The number of hydrogen-bond donors (Lipinski definition) is 1. The Morgan fingerprint density at radius 2 is 2.05 bits per heavy atom. The molecule has 1 fully saturated rings. The number of nitrogens with one attached hydrogen (secondary N) is 1. The topological polar surface area (TPSA) is 58.2 Å². The van der Waals surface area contributed by atoms with E-state index < -0.39 is 5.60 Å². The van der Waals surface area contributed by atoms with Gasteiger partial charge >= 0.3 is 6.09 Å². The molecule has 0 radical (unpaired) electrons. The van der Waals surface area contributed by atoms with E-state index in [0.717, 1.165) is 23.6 Å². The van der Waals surface area contributed by atoms with Crippen LogP contribution < -0.4 is 0 Å². The molecule has 1 unspecified atom stereocenters. The molecular weight excluding hydrogens is 254 g/mol. The highest BCUT2D eigenvalue weighted by Crippen LogP contribution is 2.33. The van der Waals surface area contributed by atoms with Gasteiger partial charge in [-0.05, 0) is 41.0 Å². The summed E-state index contributed by atoms with van der Waals surface area (Å²) in [6.45, 7) is 13.2. The summed E-state index contributed by atoms with van der Waals surface area (Å²) < 4.78 is 5.44. The molecule has 1 saturated heterocycles. The molecule has 1 aliphatic rings. The van der Waals surface area contributed by atoms with Crippen LogP contribution in [-0.4, -0.2) is 39.7 Å². The molecule has 1 aromatic rings. The van der Waals surface area contributed by atoms with E-state index in [0.29, 0.717) is 13.1 Å². The van der Waals surface area contributed by atoms with Crippen LogP contribution in [0, 0.1) is 13.8 Å². The molecule has 0 aromatic carbocycles. The Morgan fingerprint density at radius 3 is 2.55 bits per heavy atom. The number of nitrogens with zero attached hydrogens (tertiary/aromatic N) is 2. The number of H-pyrrole nitrogens is 1. The van der Waals surface area contributed by atoms with E-state index in [1.807, 2.05) is 34.6 Å². The van der Waals surface area contributed by atoms with Crippen LogP contribution in [0.2, 0.25) is 0 Å². The number of aromatic amines is 1. The number of aryl methyl sites for hydroxylation is 2. The summed E-state index contributed by atoms with van der Waals surface area (Å²) >= 11 is 0. The van der Waals surface area contributed by atoms with Gasteiger partial charge in [0.05, 0.1) is 5.69 Å². The van der Waals surface area contributed by atoms with E-state index in [9.17, 15) is 4.79 Å². The quantitative estimate of drug-likeness (QED) is 0.860. The maximum Gasteiger partial charge on any atom is 0.410 e. The molecule has 2 rings (SSSR count). The van der Waals surface area contributed by atoms with Gasteiger partial charge in [-0.3, -0.25) is 0 Å². The number of carbonyl (C=O) groups excluding carboxylic acids is 1. The molecule has 1 aliphatic heterocycles. The number of aromatic nitrogens is 2. The first-order chi connectivity index (χ1) is 9.11. The summed E-state index contributed by atoms with van der Waals surface area (Å²) in [5.41, 5.74) is 1.55. The first-order valence-electron chi connectivity index (χ1n) is 7.12. The van der Waals surface area contributed by atoms with Crippen molar-refractivity contribution in [2.75, 3.05) is 13.1 Å². The van der Waals surface area contributed by atoms with E-state index in [-0.39, 0.29) is 11.5 Å². The average Bonchev–Trinajstić information content (AvgIpc) is 2.83. The van der Waals surface area contributed by atoms with Gasteiger partial charge in [0.15, 0.2) is 0 Å². The Balaban J connectivity index is 2.09. The smallest absolute Gasteiger partial charge is 0.410 e. The number of carbonyl (C=O) groups is 1. The molecule has 5 heteroatoms. The van der Waals surface area contributed by atoms with E-state index in [2.05, 4.69) is 16.9 Å². The summed E-state index contributed by atoms with van der Waals surface area (Å²) in [6.07, 6.45) is 0.666. The Kier molecular flexibility index (Phi) is 3.56. The lowest BCUT2D eigenvalue weighted by Crippen LogP contribution is -2.37. The molecule has 20 heavy (non-hydrogen) atoms. The molecule has 1 aromatic heterocycles. The third kappa shape index (κ3) is 2.97. The van der Waals surface area contributed by atoms with Gasteiger partial charge in [-0.1, -0.05) is 6.92 Å². The SMILES string of the molecule is Cc1nc(C2(C)CCN(C(=O)OC(C)(C)C)C2)[nH]c1C. The fraction of sp³-hybridized carbons (Fsp3) is 0.733. The van der Waals surface area contributed by atoms with Crippen LogP contribution in [0.15, 0.2) is 0 Å². The first kappa shape index (κ1) is 14.9. The van der Waals surface area contributed by atoms with Crippen LogP contribution in [0.1, 0.15) is 51.3 Å². The van der Waals surface area contributed by atoms with Crippen molar-refractivity contribution >= 4 is 6.09 Å². The highest BCUT2D eigenvalue weighted by atomic mass is 16.6. The van der Waals surface area contributed by atoms with Gasteiger partial charge < -0.3 is 14.6 Å². The number of likely N-dealkylation sites (tertiary alicyclic amines) is 1. The van der Waals surface area contributed by atoms with Gasteiger partial charge in [0.2, 0.25) is 0 Å². The van der Waals surface area contributed by atoms with Gasteiger partial charge in [-0.2, -0.15) is 0 Å². The molecule has 0 spiro atoms. The van der Waals surface area contributed by atoms with E-state index in [4.69, 9.17) is 4.74 Å². The predicted molar refractivity (Wildman–Crippen MR) is 77.8 cm³/mol. The second kappa shape index (κ2) is 4.79. The van der Waals surface area contributed by atoms with Crippen molar-refractivity contribution in [3.63, 3.8) is 0 Å². The molecule has 1 atom stereocenters. The van der Waals surface area contributed by atoms with E-state index >= 15 is 0 Å². The number of amides is 1. The van der Waals surface area contributed by atoms with Crippen molar-refractivity contribution in [1.82, 2.24) is 14.9 Å². The fourth-order valence-electron chi connectivity index (χ4n) is 2.47. The van der Waals surface area contributed by atoms with Gasteiger partial charge in [0, 0.05) is 24.2 Å². The number of ether oxygens (including phenoxy) is 1. The summed E-state index contributed by atoms with van der Waals surface area (Å²) in [7, 11) is 0. The maximum absolute atomic E-state index is 12.1. The number of rotatable bonds is 1. The molecule has 112 valence electrons. The van der Waals surface area contributed by atoms with Crippen LogP contribution >= 0.6 is 0 Å². The Labute approximate surface area is 120 Å². The van der Waals surface area contributed by atoms with Crippen molar-refractivity contribution in [2.24, 2.45) is 0 Å². The molecule has 0 saturated carbocycles. The minimum Gasteiger partial charge on any atom is -0.444 e. The fourth-order valence-corrected chi connectivity index (χ4v) is 2.47. The second-order valence-corrected chi connectivity index (χ2v) is 7.01. The van der Waals surface area contributed by atoms with Gasteiger partial charge in [-0.25, -0.2) is 9.78 Å². The lowest BCUT2D eigenvalue weighted by Gasteiger charge is -2.26. The molecule has 0 bridgehead atoms. The van der Waals surface area contributed by atoms with Crippen molar-refractivity contribution in [3.05, 3.63) is 17.2 Å². The minimum absolute atomic E-state index is 0.115. The number of imidazole rings is 1. The summed E-state index contributed by atoms with van der Waals surface area (Å²) in [4.78, 5) is 21.8. The molecule has 5 nitrogen and oxygen atoms in total. The predicted octanol–water partition coefficient (Wildman–Crippen LogP) is 2.93. The van der Waals surface area contributed by atoms with Crippen LogP contribution in [0.5, 0.6) is 0 Å². The summed E-state index contributed by atoms with van der Waals surface area (Å²) in [5, 5.41) is 0. The third-order valence-corrected chi connectivity index (χ3v) is 3.82. The van der Waals surface area contributed by atoms with Gasteiger partial charge in [0.25, 0.3) is 0 Å². The van der Waals surface area contributed by atoms with Crippen molar-refractivity contribution in [2.45, 2.75) is 59.0 Å². The van der Waals surface area contributed by atoms with Gasteiger partial charge in [0.1, 0.15) is 11.4 Å². The first-order valence-corrected chi connectivity index (χ1v) is 7.12. The highest BCUT2D eigenvalue weighted by molar-refractivity contribution is 5.68. The molecule has 1 amide bonds. The van der Waals surface area contributed by atoms with E-state index in [1.54, 1.807) is 4.90 Å². The van der Waals surface area contributed by atoms with Gasteiger partial charge in [-0.15, -0.1) is 0 Å². The minimum atomic E-state index is -0.450. The molecular formula is C15H25N3O2. The standard InChI is InChI=1S/C15H25N3O2/c1-10-11(2)17-12(16-10)15(6)7-8-18(9-15)13(19)20-14(3,4)5/h7-9H2,1-6H3,(H,16,17). The van der Waals surface area contributed by atoms with E-state index in [1.165, 1.54) is 0 Å². The number of hydrogen-bond acceptors (Lipinski definition) is 3. The monoisotopic (exact) mass is 279 g/mol. The summed E-state index contributed by atoms with van der Waals surface area (Å²) in [6, 6.07) is 0. The normalized spacial score (nSPS) is 23.2. The van der Waals surface area contributed by atoms with Crippen molar-refractivity contribution in [1.29, 1.82) is 0 Å². The zero-order valence-electron chi connectivity index (χ0n) is 13.3. The van der Waals surface area contributed by atoms with Crippen LogP contribution in [0.4, 0.5) is 4.79 Å². The molecule has 1 N–H and O–H groups in total. The van der Waals surface area contributed by atoms with Crippen LogP contribution in [0.25, 0.3) is 0 Å². The Morgan fingerprint density at radius 1 is 1.40 bits per heavy atom. The zero-order valence-corrected chi connectivity index (χ0v) is 13.3. The van der Waals surface area contributed by atoms with Crippen LogP contribution in [-0.2, 0) is 10.2 Å². The Hall–Kier alpha value is -1.52. The third-order valence-electron chi connectivity index (χ3n) is 3.82. The molecule has 0 aliphatic carbocycles. The molecule has 2 heterocycles. The second-order valence-electron chi connectivity index (χ2n) is 7.01. The average molecular weight is 279 g/mol. The van der Waals surface area contributed by atoms with Crippen molar-refractivity contribution in [3.8, 4) is 0 Å². The Bertz CT molecular complexity index is 496. The zero-order chi connectivity index (χ0) is 15.1. The van der Waals surface area contributed by atoms with Crippen molar-refractivity contribution < 1.29 is 9.53 Å².